The van der Waals surface area contributed by atoms with Gasteiger partial charge in [0.05, 0.1) is 0 Å². The lowest BCUT2D eigenvalue weighted by Gasteiger charge is -2.12. The second-order valence-electron chi connectivity index (χ2n) is 3.10. The van der Waals surface area contributed by atoms with Crippen LogP contribution >= 0.6 is 0 Å². The van der Waals surface area contributed by atoms with Crippen molar-refractivity contribution in [1.29, 1.82) is 0 Å². The van der Waals surface area contributed by atoms with Crippen molar-refractivity contribution in [3.63, 3.8) is 0 Å². The van der Waals surface area contributed by atoms with Crippen LogP contribution < -0.4 is 0 Å². The molecule has 0 amide bonds. The first-order valence-electron chi connectivity index (χ1n) is 4.87. The van der Waals surface area contributed by atoms with E-state index < -0.39 is 0 Å². The quantitative estimate of drug-likeness (QED) is 0.318. The lowest BCUT2D eigenvalue weighted by molar-refractivity contribution is 0.436. The van der Waals surface area contributed by atoms with Gasteiger partial charge in [0.25, 0.3) is 0 Å². The molecule has 0 saturated heterocycles. The molecule has 0 unspecified atom stereocenters. The van der Waals surface area contributed by atoms with Gasteiger partial charge < -0.3 is 0 Å². The largest absolute Gasteiger partial charge is 0.0940 e. The van der Waals surface area contributed by atoms with Gasteiger partial charge in [-0.2, -0.15) is 0 Å². The summed E-state index contributed by atoms with van der Waals surface area (Å²) in [6.07, 6.45) is 2.14. The smallest absolute Gasteiger partial charge is 0.0260 e. The third-order valence-corrected chi connectivity index (χ3v) is 2.10. The molecule has 0 aromatic heterocycles. The Labute approximate surface area is 92.3 Å². The fourth-order valence-electron chi connectivity index (χ4n) is 1.29. The van der Waals surface area contributed by atoms with Crippen LogP contribution in [0, 0.1) is 5.92 Å². The van der Waals surface area contributed by atoms with Gasteiger partial charge in [0, 0.05) is 34.4 Å². The van der Waals surface area contributed by atoms with E-state index in [0.717, 1.165) is 0 Å². The molecule has 0 heterocycles. The van der Waals surface area contributed by atoms with E-state index in [1.807, 2.05) is 0 Å². The van der Waals surface area contributed by atoms with Gasteiger partial charge in [-0.25, -0.2) is 0 Å². The number of azide groups is 3. The molecule has 9 heteroatoms. The topological polar surface area (TPSA) is 146 Å². The molecular weight excluding hydrogens is 210 g/mol. The fourth-order valence-corrected chi connectivity index (χ4v) is 1.29. The highest BCUT2D eigenvalue weighted by Gasteiger charge is 2.06. The Hall–Kier alpha value is -2.07. The molecule has 0 aromatic carbocycles. The molecule has 0 atom stereocenters. The van der Waals surface area contributed by atoms with E-state index in [-0.39, 0.29) is 5.92 Å². The van der Waals surface area contributed by atoms with Crippen molar-refractivity contribution >= 4 is 0 Å². The first kappa shape index (κ1) is 13.9. The van der Waals surface area contributed by atoms with Crippen LogP contribution in [-0.4, -0.2) is 19.6 Å². The average molecular weight is 223 g/mol. The molecule has 0 aliphatic carbocycles. The second kappa shape index (κ2) is 11.0. The van der Waals surface area contributed by atoms with Gasteiger partial charge >= 0.3 is 0 Å². The van der Waals surface area contributed by atoms with Crippen LogP contribution in [-0.2, 0) is 0 Å². The van der Waals surface area contributed by atoms with Crippen LogP contribution in [0.3, 0.4) is 0 Å². The molecule has 9 nitrogen and oxygen atoms in total. The lowest BCUT2D eigenvalue weighted by atomic mass is 9.98. The summed E-state index contributed by atoms with van der Waals surface area (Å²) in [6, 6.07) is 0. The third kappa shape index (κ3) is 8.52. The minimum Gasteiger partial charge on any atom is -0.0940 e. The molecule has 0 rings (SSSR count). The molecule has 0 N–H and O–H groups in total. The van der Waals surface area contributed by atoms with Gasteiger partial charge in [0.1, 0.15) is 0 Å². The monoisotopic (exact) mass is 223 g/mol. The normalized spacial score (nSPS) is 10.5. The zero-order valence-corrected chi connectivity index (χ0v) is 8.84. The van der Waals surface area contributed by atoms with Crippen molar-refractivity contribution in [2.45, 2.75) is 19.3 Å². The van der Waals surface area contributed by atoms with Crippen molar-refractivity contribution < 1.29 is 0 Å². The number of hydrogen-bond donors (Lipinski definition) is 0. The summed E-state index contributed by atoms with van der Waals surface area (Å²) in [5.41, 5.74) is 24.4. The zero-order chi connectivity index (χ0) is 12.1. The van der Waals surface area contributed by atoms with E-state index in [0.29, 0.717) is 38.9 Å². The van der Waals surface area contributed by atoms with Crippen LogP contribution in [0.2, 0.25) is 0 Å². The van der Waals surface area contributed by atoms with Crippen molar-refractivity contribution in [2.24, 2.45) is 21.3 Å². The first-order valence-corrected chi connectivity index (χ1v) is 4.87. The summed E-state index contributed by atoms with van der Waals surface area (Å²) in [5.74, 6) is 0.251. The van der Waals surface area contributed by atoms with Gasteiger partial charge in [-0.3, -0.25) is 0 Å². The maximum Gasteiger partial charge on any atom is 0.0260 e. The molecular formula is C7H13N9. The van der Waals surface area contributed by atoms with Crippen molar-refractivity contribution in [3.8, 4) is 0 Å². The minimum absolute atomic E-state index is 0.251. The summed E-state index contributed by atoms with van der Waals surface area (Å²) in [7, 11) is 0. The summed E-state index contributed by atoms with van der Waals surface area (Å²) in [5, 5.41) is 10.3. The van der Waals surface area contributed by atoms with Crippen LogP contribution in [0.5, 0.6) is 0 Å². The van der Waals surface area contributed by atoms with Crippen LogP contribution in [0.4, 0.5) is 0 Å². The highest BCUT2D eigenvalue weighted by molar-refractivity contribution is 4.65. The van der Waals surface area contributed by atoms with Crippen LogP contribution in [0.15, 0.2) is 15.3 Å². The van der Waals surface area contributed by atoms with Crippen LogP contribution in [0.1, 0.15) is 19.3 Å². The lowest BCUT2D eigenvalue weighted by Crippen LogP contribution is -2.05. The fraction of sp³-hybridized carbons (Fsp3) is 1.00. The van der Waals surface area contributed by atoms with E-state index in [1.54, 1.807) is 0 Å². The number of nitrogens with zero attached hydrogens (tertiary/aromatic N) is 9. The van der Waals surface area contributed by atoms with E-state index in [4.69, 9.17) is 16.6 Å². The minimum atomic E-state index is 0.251. The van der Waals surface area contributed by atoms with Gasteiger partial charge in [-0.1, -0.05) is 15.3 Å². The molecule has 0 fully saturated rings. The summed E-state index contributed by atoms with van der Waals surface area (Å²) in [4.78, 5) is 7.98. The first-order chi connectivity index (χ1) is 7.85. The predicted molar refractivity (Wildman–Crippen MR) is 59.4 cm³/mol. The molecule has 0 bridgehead atoms. The van der Waals surface area contributed by atoms with E-state index in [2.05, 4.69) is 30.1 Å². The zero-order valence-electron chi connectivity index (χ0n) is 8.84. The molecule has 0 radical (unpaired) electrons. The molecule has 0 aliphatic heterocycles. The Kier molecular flexibility index (Phi) is 9.58. The van der Waals surface area contributed by atoms with Gasteiger partial charge in [-0.05, 0) is 41.8 Å². The standard InChI is InChI=1S/C7H13N9/c8-14-11-4-1-7(2-5-12-15-9)3-6-13-16-10/h7H,1-6H2. The Bertz CT molecular complexity index is 266. The van der Waals surface area contributed by atoms with Gasteiger partial charge in [0.2, 0.25) is 0 Å². The summed E-state index contributed by atoms with van der Waals surface area (Å²) >= 11 is 0. The second-order valence-corrected chi connectivity index (χ2v) is 3.10. The average Bonchev–Trinajstić information content (AvgIpc) is 2.29. The van der Waals surface area contributed by atoms with E-state index in [9.17, 15) is 0 Å². The Morgan fingerprint density at radius 1 is 0.688 bits per heavy atom. The Morgan fingerprint density at radius 2 is 1.00 bits per heavy atom. The molecule has 0 aromatic rings. The maximum atomic E-state index is 8.13. The Morgan fingerprint density at radius 3 is 1.25 bits per heavy atom. The van der Waals surface area contributed by atoms with E-state index >= 15 is 0 Å². The molecule has 86 valence electrons. The molecule has 0 spiro atoms. The number of rotatable bonds is 9. The van der Waals surface area contributed by atoms with E-state index in [1.165, 1.54) is 0 Å². The third-order valence-electron chi connectivity index (χ3n) is 2.10. The van der Waals surface area contributed by atoms with Crippen molar-refractivity contribution in [3.05, 3.63) is 31.3 Å². The van der Waals surface area contributed by atoms with Gasteiger partial charge in [-0.15, -0.1) is 0 Å². The molecule has 16 heavy (non-hydrogen) atoms. The summed E-state index contributed by atoms with van der Waals surface area (Å²) < 4.78 is 0. The maximum absolute atomic E-state index is 8.13. The molecule has 0 saturated carbocycles. The van der Waals surface area contributed by atoms with Crippen LogP contribution in [0.25, 0.3) is 31.3 Å². The predicted octanol–water partition coefficient (Wildman–Crippen LogP) is 3.70. The highest BCUT2D eigenvalue weighted by Crippen LogP contribution is 2.14. The number of hydrogen-bond acceptors (Lipinski definition) is 3. The summed E-state index contributed by atoms with van der Waals surface area (Å²) in [6.45, 7) is 1.23. The Balaban J connectivity index is 3.97. The van der Waals surface area contributed by atoms with Crippen molar-refractivity contribution in [2.75, 3.05) is 19.6 Å². The van der Waals surface area contributed by atoms with Crippen molar-refractivity contribution in [1.82, 2.24) is 0 Å². The van der Waals surface area contributed by atoms with Gasteiger partial charge in [0.15, 0.2) is 0 Å². The molecule has 0 aliphatic rings. The highest BCUT2D eigenvalue weighted by atomic mass is 15.1. The SMILES string of the molecule is [N-]=[N+]=NCCC(CCN=[N+]=[N-])CCN=[N+]=[N-].